The molecule has 1 aromatic carbocycles. The first-order chi connectivity index (χ1) is 7.77. The average molecular weight is 232 g/mol. The summed E-state index contributed by atoms with van der Waals surface area (Å²) in [6.07, 6.45) is 0. The summed E-state index contributed by atoms with van der Waals surface area (Å²) < 4.78 is 1.94. The summed E-state index contributed by atoms with van der Waals surface area (Å²) in [4.78, 5) is 11.7. The fourth-order valence-electron chi connectivity index (χ4n) is 2.07. The van der Waals surface area contributed by atoms with E-state index in [1.54, 1.807) is 11.8 Å². The van der Waals surface area contributed by atoms with Gasteiger partial charge in [-0.15, -0.1) is 0 Å². The van der Waals surface area contributed by atoms with Crippen LogP contribution < -0.4 is 5.56 Å². The molecule has 0 aliphatic carbocycles. The van der Waals surface area contributed by atoms with Gasteiger partial charge in [0.15, 0.2) is 0 Å². The van der Waals surface area contributed by atoms with Crippen LogP contribution in [0.1, 0.15) is 16.8 Å². The largest absolute Gasteiger partial charge is 0.268 e. The molecule has 0 atom stereocenters. The van der Waals surface area contributed by atoms with Crippen LogP contribution in [0.2, 0.25) is 0 Å². The molecule has 3 nitrogen and oxygen atoms in total. The summed E-state index contributed by atoms with van der Waals surface area (Å²) in [7, 11) is 0. The predicted octanol–water partition coefficient (Wildman–Crippen LogP) is 2.22. The Bertz CT molecular complexity index is 597. The van der Waals surface area contributed by atoms with E-state index in [1.165, 1.54) is 5.56 Å². The molecular formula is C12H12N2OS. The van der Waals surface area contributed by atoms with Crippen LogP contribution in [0.5, 0.6) is 0 Å². The number of nitrogens with zero attached hydrogens (tertiary/aromatic N) is 1. The molecule has 1 N–H and O–H groups in total. The number of H-pyrrole nitrogens is 1. The standard InChI is InChI=1S/C12H12N2OS/c1-8-4-2-3-5-10(8)14-11-7-16-6-9(11)12(15)13-14/h2-5H,6-7H2,1H3,(H,13,15). The van der Waals surface area contributed by atoms with E-state index < -0.39 is 0 Å². The molecule has 0 saturated heterocycles. The van der Waals surface area contributed by atoms with Crippen LogP contribution in [0, 0.1) is 6.92 Å². The van der Waals surface area contributed by atoms with E-state index in [0.29, 0.717) is 0 Å². The van der Waals surface area contributed by atoms with E-state index in [1.807, 2.05) is 22.9 Å². The quantitative estimate of drug-likeness (QED) is 0.818. The summed E-state index contributed by atoms with van der Waals surface area (Å²) in [5.41, 5.74) is 4.37. The van der Waals surface area contributed by atoms with Crippen LogP contribution in [-0.2, 0) is 11.5 Å². The van der Waals surface area contributed by atoms with Crippen LogP contribution in [0.25, 0.3) is 5.69 Å². The highest BCUT2D eigenvalue weighted by Gasteiger charge is 2.21. The van der Waals surface area contributed by atoms with Gasteiger partial charge in [0.25, 0.3) is 5.56 Å². The summed E-state index contributed by atoms with van der Waals surface area (Å²) in [5, 5.41) is 2.92. The maximum Gasteiger partial charge on any atom is 0.268 e. The van der Waals surface area contributed by atoms with Gasteiger partial charge in [0, 0.05) is 11.5 Å². The second-order valence-electron chi connectivity index (χ2n) is 3.98. The van der Waals surface area contributed by atoms with Crippen LogP contribution in [0.4, 0.5) is 0 Å². The van der Waals surface area contributed by atoms with Gasteiger partial charge < -0.3 is 0 Å². The topological polar surface area (TPSA) is 37.8 Å². The van der Waals surface area contributed by atoms with E-state index in [2.05, 4.69) is 18.1 Å². The number of hydrogen-bond donors (Lipinski definition) is 1. The van der Waals surface area contributed by atoms with Crippen LogP contribution >= 0.6 is 11.8 Å². The maximum atomic E-state index is 11.7. The zero-order valence-electron chi connectivity index (χ0n) is 8.99. The minimum atomic E-state index is 0.0586. The van der Waals surface area contributed by atoms with Gasteiger partial charge in [-0.3, -0.25) is 14.6 Å². The van der Waals surface area contributed by atoms with Gasteiger partial charge >= 0.3 is 0 Å². The summed E-state index contributed by atoms with van der Waals surface area (Å²) >= 11 is 1.80. The molecule has 1 aromatic heterocycles. The first kappa shape index (κ1) is 9.78. The van der Waals surface area contributed by atoms with Crippen LogP contribution in [0.15, 0.2) is 29.1 Å². The number of fused-ring (bicyclic) bond motifs is 1. The summed E-state index contributed by atoms with van der Waals surface area (Å²) in [6, 6.07) is 8.10. The highest BCUT2D eigenvalue weighted by molar-refractivity contribution is 7.98. The zero-order valence-corrected chi connectivity index (χ0v) is 9.80. The molecule has 3 rings (SSSR count). The van der Waals surface area contributed by atoms with Crippen molar-refractivity contribution in [3.63, 3.8) is 0 Å². The maximum absolute atomic E-state index is 11.7. The van der Waals surface area contributed by atoms with Crippen molar-refractivity contribution in [1.29, 1.82) is 0 Å². The number of aryl methyl sites for hydroxylation is 1. The van der Waals surface area contributed by atoms with Gasteiger partial charge in [-0.1, -0.05) is 18.2 Å². The van der Waals surface area contributed by atoms with Crippen LogP contribution in [-0.4, -0.2) is 9.78 Å². The molecule has 16 heavy (non-hydrogen) atoms. The lowest BCUT2D eigenvalue weighted by molar-refractivity contribution is 0.824. The molecular weight excluding hydrogens is 220 g/mol. The Labute approximate surface area is 97.5 Å². The molecule has 2 heterocycles. The second-order valence-corrected chi connectivity index (χ2v) is 4.97. The van der Waals surface area contributed by atoms with Gasteiger partial charge in [0.2, 0.25) is 0 Å². The molecule has 0 saturated carbocycles. The first-order valence-electron chi connectivity index (χ1n) is 5.24. The SMILES string of the molecule is Cc1ccccc1-n1[nH]c(=O)c2c1CSC2. The minimum Gasteiger partial charge on any atom is -0.268 e. The Balaban J connectivity index is 2.25. The number of hydrogen-bond acceptors (Lipinski definition) is 2. The number of nitrogens with one attached hydrogen (secondary N) is 1. The molecule has 1 aliphatic rings. The summed E-state index contributed by atoms with van der Waals surface area (Å²) in [5.74, 6) is 1.76. The molecule has 82 valence electrons. The molecule has 1 aliphatic heterocycles. The van der Waals surface area contributed by atoms with Gasteiger partial charge in [-0.2, -0.15) is 11.8 Å². The molecule has 2 aromatic rings. The Kier molecular flexibility index (Phi) is 2.17. The van der Waals surface area contributed by atoms with Crippen molar-refractivity contribution < 1.29 is 0 Å². The Morgan fingerprint density at radius 1 is 1.31 bits per heavy atom. The number of thioether (sulfide) groups is 1. The molecule has 0 unspecified atom stereocenters. The van der Waals surface area contributed by atoms with E-state index in [4.69, 9.17) is 0 Å². The monoisotopic (exact) mass is 232 g/mol. The van der Waals surface area contributed by atoms with Crippen molar-refractivity contribution in [3.05, 3.63) is 51.4 Å². The average Bonchev–Trinajstić information content (AvgIpc) is 2.84. The summed E-state index contributed by atoms with van der Waals surface area (Å²) in [6.45, 7) is 2.06. The highest BCUT2D eigenvalue weighted by atomic mass is 32.2. The highest BCUT2D eigenvalue weighted by Crippen LogP contribution is 2.29. The van der Waals surface area contributed by atoms with Crippen molar-refractivity contribution in [3.8, 4) is 5.69 Å². The zero-order chi connectivity index (χ0) is 11.1. The lowest BCUT2D eigenvalue weighted by Gasteiger charge is -2.08. The molecule has 0 radical (unpaired) electrons. The third-order valence-electron chi connectivity index (χ3n) is 2.95. The van der Waals surface area contributed by atoms with Gasteiger partial charge in [-0.25, -0.2) is 0 Å². The smallest absolute Gasteiger partial charge is 0.268 e. The second kappa shape index (κ2) is 3.56. The van der Waals surface area contributed by atoms with Gasteiger partial charge in [0.1, 0.15) is 0 Å². The predicted molar refractivity (Wildman–Crippen MR) is 66.1 cm³/mol. The van der Waals surface area contributed by atoms with Crippen LogP contribution in [0.3, 0.4) is 0 Å². The van der Waals surface area contributed by atoms with E-state index in [-0.39, 0.29) is 5.56 Å². The van der Waals surface area contributed by atoms with E-state index in [0.717, 1.165) is 28.5 Å². The molecule has 0 amide bonds. The normalized spacial score (nSPS) is 14.1. The van der Waals surface area contributed by atoms with Gasteiger partial charge in [0.05, 0.1) is 16.9 Å². The van der Waals surface area contributed by atoms with E-state index in [9.17, 15) is 4.79 Å². The van der Waals surface area contributed by atoms with Crippen molar-refractivity contribution >= 4 is 11.8 Å². The number of para-hydroxylation sites is 1. The third kappa shape index (κ3) is 1.33. The first-order valence-corrected chi connectivity index (χ1v) is 6.39. The molecule has 0 fully saturated rings. The Morgan fingerprint density at radius 3 is 2.94 bits per heavy atom. The fraction of sp³-hybridized carbons (Fsp3) is 0.250. The minimum absolute atomic E-state index is 0.0586. The van der Waals surface area contributed by atoms with Crippen molar-refractivity contribution in [2.24, 2.45) is 0 Å². The van der Waals surface area contributed by atoms with Crippen molar-refractivity contribution in [2.45, 2.75) is 18.4 Å². The number of rotatable bonds is 1. The number of aromatic nitrogens is 2. The Morgan fingerprint density at radius 2 is 2.12 bits per heavy atom. The number of aromatic amines is 1. The van der Waals surface area contributed by atoms with Gasteiger partial charge in [-0.05, 0) is 18.6 Å². The lowest BCUT2D eigenvalue weighted by atomic mass is 10.2. The number of benzene rings is 1. The molecule has 0 bridgehead atoms. The van der Waals surface area contributed by atoms with E-state index >= 15 is 0 Å². The Hall–Kier alpha value is -1.42. The van der Waals surface area contributed by atoms with Crippen molar-refractivity contribution in [1.82, 2.24) is 9.78 Å². The lowest BCUT2D eigenvalue weighted by Crippen LogP contribution is -2.08. The fourth-order valence-corrected chi connectivity index (χ4v) is 3.17. The van der Waals surface area contributed by atoms with Crippen molar-refractivity contribution in [2.75, 3.05) is 0 Å². The third-order valence-corrected chi connectivity index (χ3v) is 3.92. The molecule has 4 heteroatoms. The molecule has 0 spiro atoms.